The van der Waals surface area contributed by atoms with Crippen molar-refractivity contribution in [2.45, 2.75) is 19.9 Å². The Morgan fingerprint density at radius 2 is 2.04 bits per heavy atom. The highest BCUT2D eigenvalue weighted by atomic mass is 16.5. The third-order valence-corrected chi connectivity index (χ3v) is 4.20. The van der Waals surface area contributed by atoms with Crippen molar-refractivity contribution >= 4 is 17.5 Å². The second-order valence-electron chi connectivity index (χ2n) is 5.80. The molecule has 3 rings (SSSR count). The summed E-state index contributed by atoms with van der Waals surface area (Å²) in [4.78, 5) is 25.7. The lowest BCUT2D eigenvalue weighted by atomic mass is 10.1. The fourth-order valence-corrected chi connectivity index (χ4v) is 2.94. The summed E-state index contributed by atoms with van der Waals surface area (Å²) in [5.74, 6) is 0.675. The van der Waals surface area contributed by atoms with Gasteiger partial charge in [0.15, 0.2) is 0 Å². The summed E-state index contributed by atoms with van der Waals surface area (Å²) in [6.07, 6.45) is 0.784. The number of hydrogen-bond acceptors (Lipinski definition) is 3. The number of rotatable bonds is 4. The van der Waals surface area contributed by atoms with Crippen molar-refractivity contribution in [2.75, 3.05) is 18.6 Å². The van der Waals surface area contributed by atoms with Crippen LogP contribution in [0.5, 0.6) is 5.75 Å². The molecule has 0 bridgehead atoms. The van der Waals surface area contributed by atoms with E-state index in [1.54, 1.807) is 25.0 Å². The van der Waals surface area contributed by atoms with Crippen molar-refractivity contribution in [1.29, 1.82) is 0 Å². The molecule has 0 saturated heterocycles. The molecule has 124 valence electrons. The zero-order valence-electron chi connectivity index (χ0n) is 13.8. The summed E-state index contributed by atoms with van der Waals surface area (Å²) in [6, 6.07) is 13.1. The number of methoxy groups -OCH3 is 1. The minimum Gasteiger partial charge on any atom is -0.497 e. The van der Waals surface area contributed by atoms with E-state index < -0.39 is 0 Å². The van der Waals surface area contributed by atoms with Crippen molar-refractivity contribution in [1.82, 2.24) is 5.32 Å². The van der Waals surface area contributed by atoms with Gasteiger partial charge in [0.1, 0.15) is 5.75 Å². The number of benzene rings is 2. The molecule has 24 heavy (non-hydrogen) atoms. The van der Waals surface area contributed by atoms with Crippen LogP contribution in [0, 0.1) is 0 Å². The van der Waals surface area contributed by atoms with Crippen LogP contribution in [0.2, 0.25) is 0 Å². The largest absolute Gasteiger partial charge is 0.497 e. The van der Waals surface area contributed by atoms with Gasteiger partial charge in [-0.05, 0) is 47.9 Å². The Balaban J connectivity index is 1.69. The van der Waals surface area contributed by atoms with Gasteiger partial charge in [0.05, 0.1) is 7.11 Å². The van der Waals surface area contributed by atoms with Crippen molar-refractivity contribution < 1.29 is 14.3 Å². The molecule has 0 spiro atoms. The van der Waals surface area contributed by atoms with Crippen LogP contribution in [0.15, 0.2) is 42.5 Å². The van der Waals surface area contributed by atoms with Crippen molar-refractivity contribution in [3.8, 4) is 5.75 Å². The number of ether oxygens (including phenoxy) is 1. The van der Waals surface area contributed by atoms with Crippen LogP contribution < -0.4 is 15.0 Å². The van der Waals surface area contributed by atoms with Crippen LogP contribution in [-0.2, 0) is 17.8 Å². The quantitative estimate of drug-likeness (QED) is 0.940. The SMILES string of the molecule is COc1cccc(CNC(=O)c2ccc3c(c2)CCN3C(C)=O)c1. The monoisotopic (exact) mass is 324 g/mol. The van der Waals surface area contributed by atoms with Gasteiger partial charge >= 0.3 is 0 Å². The molecule has 0 unspecified atom stereocenters. The predicted octanol–water partition coefficient (Wildman–Crippen LogP) is 2.53. The molecule has 2 aromatic carbocycles. The van der Waals surface area contributed by atoms with E-state index in [9.17, 15) is 9.59 Å². The molecular weight excluding hydrogens is 304 g/mol. The Morgan fingerprint density at radius 3 is 2.79 bits per heavy atom. The second kappa shape index (κ2) is 6.74. The maximum absolute atomic E-state index is 12.4. The zero-order valence-corrected chi connectivity index (χ0v) is 13.8. The highest BCUT2D eigenvalue weighted by Crippen LogP contribution is 2.28. The van der Waals surface area contributed by atoms with Gasteiger partial charge in [0.2, 0.25) is 5.91 Å². The van der Waals surface area contributed by atoms with Gasteiger partial charge in [-0.15, -0.1) is 0 Å². The van der Waals surface area contributed by atoms with Crippen molar-refractivity contribution in [2.24, 2.45) is 0 Å². The minimum absolute atomic E-state index is 0.0315. The van der Waals surface area contributed by atoms with E-state index in [4.69, 9.17) is 4.74 Å². The first-order chi connectivity index (χ1) is 11.6. The zero-order chi connectivity index (χ0) is 17.1. The van der Waals surface area contributed by atoms with Crippen LogP contribution in [-0.4, -0.2) is 25.5 Å². The predicted molar refractivity (Wildman–Crippen MR) is 92.3 cm³/mol. The summed E-state index contributed by atoms with van der Waals surface area (Å²) in [5.41, 5.74) is 3.54. The Bertz CT molecular complexity index is 786. The topological polar surface area (TPSA) is 58.6 Å². The fraction of sp³-hybridized carbons (Fsp3) is 0.263. The molecule has 1 aliphatic heterocycles. The van der Waals surface area contributed by atoms with Gasteiger partial charge < -0.3 is 15.0 Å². The Hall–Kier alpha value is -2.82. The van der Waals surface area contributed by atoms with Gasteiger partial charge in [-0.3, -0.25) is 9.59 Å². The lowest BCUT2D eigenvalue weighted by Crippen LogP contribution is -2.26. The number of carbonyl (C=O) groups is 2. The molecule has 2 aromatic rings. The standard InChI is InChI=1S/C19H20N2O3/c1-13(22)21-9-8-15-11-16(6-7-18(15)21)19(23)20-12-14-4-3-5-17(10-14)24-2/h3-7,10-11H,8-9,12H2,1-2H3,(H,20,23). The highest BCUT2D eigenvalue weighted by molar-refractivity contribution is 5.97. The van der Waals surface area contributed by atoms with Crippen molar-refractivity contribution in [3.63, 3.8) is 0 Å². The smallest absolute Gasteiger partial charge is 0.251 e. The number of hydrogen-bond donors (Lipinski definition) is 1. The molecule has 1 heterocycles. The molecule has 0 atom stereocenters. The molecule has 0 saturated carbocycles. The summed E-state index contributed by atoms with van der Waals surface area (Å²) < 4.78 is 5.18. The van der Waals surface area contributed by atoms with E-state index in [1.165, 1.54) is 0 Å². The third kappa shape index (κ3) is 3.25. The van der Waals surface area contributed by atoms with E-state index in [1.807, 2.05) is 36.4 Å². The first kappa shape index (κ1) is 16.1. The molecule has 0 aliphatic carbocycles. The summed E-state index contributed by atoms with van der Waals surface area (Å²) >= 11 is 0. The van der Waals surface area contributed by atoms with Crippen LogP contribution in [0.1, 0.15) is 28.4 Å². The van der Waals surface area contributed by atoms with E-state index >= 15 is 0 Å². The molecule has 5 nitrogen and oxygen atoms in total. The summed E-state index contributed by atoms with van der Waals surface area (Å²) in [6.45, 7) is 2.68. The maximum atomic E-state index is 12.4. The Labute approximate surface area is 141 Å². The molecule has 1 N–H and O–H groups in total. The number of anilines is 1. The fourth-order valence-electron chi connectivity index (χ4n) is 2.94. The normalized spacial score (nSPS) is 12.7. The van der Waals surface area contributed by atoms with Gasteiger partial charge in [-0.2, -0.15) is 0 Å². The number of carbonyl (C=O) groups excluding carboxylic acids is 2. The second-order valence-corrected chi connectivity index (χ2v) is 5.80. The van der Waals surface area contributed by atoms with Crippen LogP contribution in [0.3, 0.4) is 0 Å². The molecule has 0 aromatic heterocycles. The average Bonchev–Trinajstić information content (AvgIpc) is 3.03. The van der Waals surface area contributed by atoms with E-state index in [0.29, 0.717) is 18.7 Å². The Kier molecular flexibility index (Phi) is 4.51. The summed E-state index contributed by atoms with van der Waals surface area (Å²) in [7, 11) is 1.62. The van der Waals surface area contributed by atoms with Crippen LogP contribution in [0.4, 0.5) is 5.69 Å². The highest BCUT2D eigenvalue weighted by Gasteiger charge is 2.23. The minimum atomic E-state index is -0.123. The Morgan fingerprint density at radius 1 is 1.21 bits per heavy atom. The lowest BCUT2D eigenvalue weighted by molar-refractivity contribution is -0.116. The van der Waals surface area contributed by atoms with Crippen LogP contribution >= 0.6 is 0 Å². The van der Waals surface area contributed by atoms with E-state index in [-0.39, 0.29) is 11.8 Å². The molecular formula is C19H20N2O3. The third-order valence-electron chi connectivity index (χ3n) is 4.20. The lowest BCUT2D eigenvalue weighted by Gasteiger charge is -2.14. The number of amides is 2. The van der Waals surface area contributed by atoms with Gasteiger partial charge in [0, 0.05) is 31.3 Å². The van der Waals surface area contributed by atoms with Gasteiger partial charge in [0.25, 0.3) is 5.91 Å². The van der Waals surface area contributed by atoms with Crippen molar-refractivity contribution in [3.05, 3.63) is 59.2 Å². The molecule has 0 fully saturated rings. The van der Waals surface area contributed by atoms with Gasteiger partial charge in [-0.1, -0.05) is 12.1 Å². The molecule has 1 aliphatic rings. The molecule has 2 amide bonds. The molecule has 0 radical (unpaired) electrons. The van der Waals surface area contributed by atoms with E-state index in [2.05, 4.69) is 5.32 Å². The van der Waals surface area contributed by atoms with Crippen LogP contribution in [0.25, 0.3) is 0 Å². The van der Waals surface area contributed by atoms with Gasteiger partial charge in [-0.25, -0.2) is 0 Å². The molecule has 5 heteroatoms. The number of nitrogens with one attached hydrogen (secondary N) is 1. The number of fused-ring (bicyclic) bond motifs is 1. The maximum Gasteiger partial charge on any atom is 0.251 e. The average molecular weight is 324 g/mol. The van der Waals surface area contributed by atoms with E-state index in [0.717, 1.165) is 29.0 Å². The summed E-state index contributed by atoms with van der Waals surface area (Å²) in [5, 5.41) is 2.92. The number of nitrogens with zero attached hydrogens (tertiary/aromatic N) is 1. The first-order valence-corrected chi connectivity index (χ1v) is 7.90. The first-order valence-electron chi connectivity index (χ1n) is 7.90.